The summed E-state index contributed by atoms with van der Waals surface area (Å²) in [5, 5.41) is 49.7. The van der Waals surface area contributed by atoms with E-state index in [1.807, 2.05) is 12.1 Å². The van der Waals surface area contributed by atoms with Gasteiger partial charge < -0.3 is 49.2 Å². The molecule has 0 saturated carbocycles. The molecule has 0 aromatic heterocycles. The Morgan fingerprint density at radius 2 is 1.76 bits per heavy atom. The molecule has 1 aromatic rings. The van der Waals surface area contributed by atoms with Gasteiger partial charge >= 0.3 is 5.97 Å². The molecule has 2 fully saturated rings. The number of aliphatic hydroxyl groups is 4. The van der Waals surface area contributed by atoms with E-state index in [-0.39, 0.29) is 42.5 Å². The van der Waals surface area contributed by atoms with Crippen LogP contribution in [0.15, 0.2) is 48.8 Å². The van der Waals surface area contributed by atoms with Crippen molar-refractivity contribution in [1.82, 2.24) is 0 Å². The van der Waals surface area contributed by atoms with Gasteiger partial charge in [-0.2, -0.15) is 0 Å². The number of rotatable bonds is 10. The van der Waals surface area contributed by atoms with Gasteiger partial charge in [0.2, 0.25) is 6.29 Å². The maximum absolute atomic E-state index is 12.7. The molecule has 5 N–H and O–H groups in total. The third-order valence-corrected chi connectivity index (χ3v) is 7.82. The molecule has 3 aliphatic rings. The van der Waals surface area contributed by atoms with Crippen LogP contribution < -0.4 is 0 Å². The van der Waals surface area contributed by atoms with Gasteiger partial charge in [0.1, 0.15) is 35.9 Å². The highest BCUT2D eigenvalue weighted by atomic mass is 16.8. The third kappa shape index (κ3) is 7.33. The molecule has 12 heteroatoms. The van der Waals surface area contributed by atoms with Crippen LogP contribution in [0.2, 0.25) is 0 Å². The molecule has 41 heavy (non-hydrogen) atoms. The summed E-state index contributed by atoms with van der Waals surface area (Å²) >= 11 is 0. The number of ether oxygens (including phenoxy) is 5. The van der Waals surface area contributed by atoms with Crippen LogP contribution in [0.4, 0.5) is 0 Å². The van der Waals surface area contributed by atoms with Crippen molar-refractivity contribution < 1.29 is 58.8 Å². The lowest BCUT2D eigenvalue weighted by Gasteiger charge is -2.43. The summed E-state index contributed by atoms with van der Waals surface area (Å²) in [6.07, 6.45) is -4.88. The maximum atomic E-state index is 12.7. The number of phenols is 1. The first-order valence-electron chi connectivity index (χ1n) is 13.6. The summed E-state index contributed by atoms with van der Waals surface area (Å²) in [5.41, 5.74) is 1.19. The van der Waals surface area contributed by atoms with Gasteiger partial charge in [-0.15, -0.1) is 6.58 Å². The molecule has 226 valence electrons. The molecule has 3 aliphatic heterocycles. The number of benzene rings is 1. The second kappa shape index (κ2) is 13.9. The quantitative estimate of drug-likeness (QED) is 0.192. The third-order valence-electron chi connectivity index (χ3n) is 7.82. The number of aliphatic hydroxyl groups excluding tert-OH is 4. The summed E-state index contributed by atoms with van der Waals surface area (Å²) in [6.45, 7) is 3.24. The molecule has 2 saturated heterocycles. The highest BCUT2D eigenvalue weighted by Crippen LogP contribution is 2.39. The van der Waals surface area contributed by atoms with Crippen LogP contribution in [-0.2, 0) is 39.7 Å². The largest absolute Gasteiger partial charge is 0.508 e. The fourth-order valence-electron chi connectivity index (χ4n) is 5.57. The van der Waals surface area contributed by atoms with Crippen LogP contribution in [0.3, 0.4) is 0 Å². The van der Waals surface area contributed by atoms with Gasteiger partial charge in [0, 0.05) is 24.7 Å². The molecule has 0 aliphatic carbocycles. The smallest absolute Gasteiger partial charge is 0.337 e. The van der Waals surface area contributed by atoms with Crippen molar-refractivity contribution in [3.8, 4) is 5.75 Å². The average Bonchev–Trinajstić information content (AvgIpc) is 2.96. The first-order valence-corrected chi connectivity index (χ1v) is 13.6. The number of aryl methyl sites for hydroxylation is 1. The highest BCUT2D eigenvalue weighted by molar-refractivity contribution is 5.89. The van der Waals surface area contributed by atoms with Crippen LogP contribution in [0.5, 0.6) is 5.75 Å². The fourth-order valence-corrected chi connectivity index (χ4v) is 5.57. The first-order chi connectivity index (χ1) is 19.6. The molecule has 12 nitrogen and oxygen atoms in total. The number of hydrogen-bond donors (Lipinski definition) is 5. The Kier molecular flexibility index (Phi) is 10.5. The second-order valence-electron chi connectivity index (χ2n) is 10.6. The Bertz CT molecular complexity index is 1090. The average molecular weight is 579 g/mol. The first kappa shape index (κ1) is 31.1. The van der Waals surface area contributed by atoms with E-state index in [1.54, 1.807) is 12.1 Å². The Labute approximate surface area is 237 Å². The van der Waals surface area contributed by atoms with Crippen molar-refractivity contribution in [1.29, 1.82) is 0 Å². The number of carbonyl (C=O) groups is 2. The molecule has 1 aromatic carbocycles. The maximum Gasteiger partial charge on any atom is 0.337 e. The number of esters is 1. The molecule has 0 bridgehead atoms. The van der Waals surface area contributed by atoms with Gasteiger partial charge in [0.25, 0.3) is 0 Å². The zero-order valence-corrected chi connectivity index (χ0v) is 22.8. The standard InChI is InChI=1S/C29H38O12/c1-3-20-21(12-19-11-17(32)10-18(39-19)9-6-15-4-7-16(31)8-5-15)22(27(36)37-2)14-38-28(20)41-29-26(35)25(34)24(33)23(13-30)40-29/h3-5,7-8,14,18-21,23-26,28-31,33-35H,1,6,9-13H2,2H3/t18-,19-,20+,21-,23-,24+,25+,26+,28-,29+/m0/s1. The van der Waals surface area contributed by atoms with Crippen molar-refractivity contribution >= 4 is 11.8 Å². The lowest BCUT2D eigenvalue weighted by Crippen LogP contribution is -2.60. The Morgan fingerprint density at radius 3 is 2.41 bits per heavy atom. The topological polar surface area (TPSA) is 181 Å². The van der Waals surface area contributed by atoms with Crippen molar-refractivity contribution in [3.05, 3.63) is 54.3 Å². The summed E-state index contributed by atoms with van der Waals surface area (Å²) < 4.78 is 28.2. The molecule has 4 rings (SSSR count). The van der Waals surface area contributed by atoms with Crippen molar-refractivity contribution in [2.24, 2.45) is 11.8 Å². The lowest BCUT2D eigenvalue weighted by atomic mass is 9.78. The predicted octanol–water partition coefficient (Wildman–Crippen LogP) is 0.480. The van der Waals surface area contributed by atoms with E-state index in [9.17, 15) is 35.1 Å². The highest BCUT2D eigenvalue weighted by Gasteiger charge is 2.48. The van der Waals surface area contributed by atoms with Gasteiger partial charge in [0.15, 0.2) is 6.29 Å². The zero-order valence-electron chi connectivity index (χ0n) is 22.8. The summed E-state index contributed by atoms with van der Waals surface area (Å²) in [4.78, 5) is 25.4. The summed E-state index contributed by atoms with van der Waals surface area (Å²) in [6, 6.07) is 6.85. The summed E-state index contributed by atoms with van der Waals surface area (Å²) in [5.74, 6) is -1.74. The minimum absolute atomic E-state index is 0.0388. The van der Waals surface area contributed by atoms with E-state index >= 15 is 0 Å². The Morgan fingerprint density at radius 1 is 1.05 bits per heavy atom. The van der Waals surface area contributed by atoms with Gasteiger partial charge in [-0.3, -0.25) is 4.79 Å². The van der Waals surface area contributed by atoms with Gasteiger partial charge in [-0.1, -0.05) is 18.2 Å². The monoisotopic (exact) mass is 578 g/mol. The van der Waals surface area contributed by atoms with Gasteiger partial charge in [-0.25, -0.2) is 4.79 Å². The van der Waals surface area contributed by atoms with E-state index in [0.717, 1.165) is 5.56 Å². The van der Waals surface area contributed by atoms with Crippen LogP contribution in [-0.4, -0.2) is 100 Å². The van der Waals surface area contributed by atoms with Crippen molar-refractivity contribution in [3.63, 3.8) is 0 Å². The van der Waals surface area contributed by atoms with Crippen LogP contribution in [0.25, 0.3) is 0 Å². The van der Waals surface area contributed by atoms with Gasteiger partial charge in [-0.05, 0) is 37.0 Å². The van der Waals surface area contributed by atoms with E-state index in [2.05, 4.69) is 6.58 Å². The molecule has 10 atom stereocenters. The molecule has 3 heterocycles. The SMILES string of the molecule is C=C[C@H]1[C@H](O[C@H]2O[C@@H](CO)[C@@H](O)[C@@H](O)[C@H]2O)OC=C(C(=O)OC)[C@H]1C[C@@H]1CC(=O)C[C@H](CCc2ccc(O)cc2)O1. The summed E-state index contributed by atoms with van der Waals surface area (Å²) in [7, 11) is 1.24. The second-order valence-corrected chi connectivity index (χ2v) is 10.6. The molecular weight excluding hydrogens is 540 g/mol. The Hall–Kier alpha value is -2.84. The number of hydrogen-bond acceptors (Lipinski definition) is 12. The zero-order chi connectivity index (χ0) is 29.7. The van der Waals surface area contributed by atoms with E-state index in [1.165, 1.54) is 19.4 Å². The molecule has 0 amide bonds. The molecule has 0 unspecified atom stereocenters. The van der Waals surface area contributed by atoms with Crippen LogP contribution in [0, 0.1) is 11.8 Å². The molecular formula is C29H38O12. The van der Waals surface area contributed by atoms with Crippen LogP contribution in [0.1, 0.15) is 31.2 Å². The number of carbonyl (C=O) groups excluding carboxylic acids is 2. The van der Waals surface area contributed by atoms with Crippen LogP contribution >= 0.6 is 0 Å². The van der Waals surface area contributed by atoms with Crippen molar-refractivity contribution in [2.45, 2.75) is 81.3 Å². The number of ketones is 1. The lowest BCUT2D eigenvalue weighted by molar-refractivity contribution is -0.339. The normalized spacial score (nSPS) is 35.7. The number of methoxy groups -OCH3 is 1. The molecule has 0 spiro atoms. The number of Topliss-reactive ketones (excluding diaryl/α,β-unsaturated/α-hetero) is 1. The minimum atomic E-state index is -1.65. The molecule has 0 radical (unpaired) electrons. The number of aromatic hydroxyl groups is 1. The van der Waals surface area contributed by atoms with Gasteiger partial charge in [0.05, 0.1) is 37.8 Å². The predicted molar refractivity (Wildman–Crippen MR) is 141 cm³/mol. The van der Waals surface area contributed by atoms with Crippen molar-refractivity contribution in [2.75, 3.05) is 13.7 Å². The minimum Gasteiger partial charge on any atom is -0.508 e. The number of phenolic OH excluding ortho intramolecular Hbond substituents is 1. The fraction of sp³-hybridized carbons (Fsp3) is 0.586. The van der Waals surface area contributed by atoms with E-state index < -0.39 is 67.5 Å². The Balaban J connectivity index is 1.48. The van der Waals surface area contributed by atoms with E-state index in [0.29, 0.717) is 12.8 Å². The van der Waals surface area contributed by atoms with E-state index in [4.69, 9.17) is 23.7 Å².